The summed E-state index contributed by atoms with van der Waals surface area (Å²) < 4.78 is 11.0. The molecule has 1 atom stereocenters. The molecular formula is C22H30N4O6. The van der Waals surface area contributed by atoms with E-state index >= 15 is 0 Å². The van der Waals surface area contributed by atoms with Crippen molar-refractivity contribution >= 4 is 29.3 Å². The molecule has 2 heterocycles. The van der Waals surface area contributed by atoms with Crippen molar-refractivity contribution in [1.82, 2.24) is 15.5 Å². The predicted octanol–water partition coefficient (Wildman–Crippen LogP) is 0.531. The van der Waals surface area contributed by atoms with E-state index in [1.54, 1.807) is 18.2 Å². The van der Waals surface area contributed by atoms with Crippen LogP contribution in [0.15, 0.2) is 18.2 Å². The van der Waals surface area contributed by atoms with Crippen molar-refractivity contribution in [2.24, 2.45) is 0 Å². The van der Waals surface area contributed by atoms with E-state index in [1.165, 1.54) is 0 Å². The third-order valence-electron chi connectivity index (χ3n) is 5.20. The molecule has 1 aromatic carbocycles. The van der Waals surface area contributed by atoms with Gasteiger partial charge in [-0.1, -0.05) is 19.9 Å². The number of imide groups is 2. The molecule has 3 N–H and O–H groups in total. The van der Waals surface area contributed by atoms with Crippen LogP contribution in [0.5, 0.6) is 0 Å². The van der Waals surface area contributed by atoms with Gasteiger partial charge in [0.15, 0.2) is 0 Å². The highest BCUT2D eigenvalue weighted by Crippen LogP contribution is 2.32. The van der Waals surface area contributed by atoms with Gasteiger partial charge in [-0.2, -0.15) is 0 Å². The van der Waals surface area contributed by atoms with Crippen LogP contribution in [0.1, 0.15) is 47.4 Å². The fraction of sp³-hybridized carbons (Fsp3) is 0.545. The molecule has 3 rings (SSSR count). The average Bonchev–Trinajstić information content (AvgIpc) is 3.00. The molecule has 1 unspecified atom stereocenters. The van der Waals surface area contributed by atoms with E-state index in [4.69, 9.17) is 9.47 Å². The molecule has 0 saturated carbocycles. The molecule has 1 fully saturated rings. The van der Waals surface area contributed by atoms with Crippen molar-refractivity contribution in [3.63, 3.8) is 0 Å². The Kier molecular flexibility index (Phi) is 8.32. The van der Waals surface area contributed by atoms with Gasteiger partial charge in [0.2, 0.25) is 11.8 Å². The Hall–Kier alpha value is -2.82. The van der Waals surface area contributed by atoms with Crippen LogP contribution in [0.4, 0.5) is 5.69 Å². The quantitative estimate of drug-likeness (QED) is 0.314. The Morgan fingerprint density at radius 3 is 2.44 bits per heavy atom. The smallest absolute Gasteiger partial charge is 0.264 e. The zero-order chi connectivity index (χ0) is 23.1. The van der Waals surface area contributed by atoms with Crippen LogP contribution in [-0.2, 0) is 19.1 Å². The topological polar surface area (TPSA) is 126 Å². The number of carbonyl (C=O) groups is 4. The first kappa shape index (κ1) is 23.8. The van der Waals surface area contributed by atoms with Crippen molar-refractivity contribution < 1.29 is 28.7 Å². The second-order valence-electron chi connectivity index (χ2n) is 7.94. The largest absolute Gasteiger partial charge is 0.382 e. The van der Waals surface area contributed by atoms with Gasteiger partial charge < -0.3 is 20.1 Å². The van der Waals surface area contributed by atoms with Gasteiger partial charge in [0.05, 0.1) is 37.6 Å². The van der Waals surface area contributed by atoms with Gasteiger partial charge in [-0.25, -0.2) is 0 Å². The lowest BCUT2D eigenvalue weighted by Crippen LogP contribution is -2.54. The van der Waals surface area contributed by atoms with Crippen LogP contribution < -0.4 is 16.0 Å². The highest BCUT2D eigenvalue weighted by atomic mass is 16.5. The molecule has 2 aliphatic heterocycles. The van der Waals surface area contributed by atoms with Crippen molar-refractivity contribution in [2.75, 3.05) is 44.8 Å². The second kappa shape index (κ2) is 11.2. The molecule has 0 radical (unpaired) electrons. The highest BCUT2D eigenvalue weighted by Gasteiger charge is 2.45. The van der Waals surface area contributed by atoms with Crippen LogP contribution in [0.25, 0.3) is 0 Å². The third kappa shape index (κ3) is 5.70. The Balaban J connectivity index is 1.48. The van der Waals surface area contributed by atoms with E-state index in [0.29, 0.717) is 44.7 Å². The van der Waals surface area contributed by atoms with Gasteiger partial charge in [-0.05, 0) is 18.6 Å². The van der Waals surface area contributed by atoms with Crippen LogP contribution in [0.2, 0.25) is 0 Å². The number of benzene rings is 1. The number of fused-ring (bicyclic) bond motifs is 1. The van der Waals surface area contributed by atoms with Crippen molar-refractivity contribution in [2.45, 2.75) is 38.8 Å². The number of hydrogen-bond donors (Lipinski definition) is 3. The van der Waals surface area contributed by atoms with E-state index in [0.717, 1.165) is 11.4 Å². The molecule has 1 aromatic rings. The van der Waals surface area contributed by atoms with E-state index in [9.17, 15) is 19.2 Å². The number of rotatable bonds is 12. The third-order valence-corrected chi connectivity index (χ3v) is 5.20. The van der Waals surface area contributed by atoms with Gasteiger partial charge >= 0.3 is 0 Å². The lowest BCUT2D eigenvalue weighted by atomic mass is 10.0. The summed E-state index contributed by atoms with van der Waals surface area (Å²) in [5.74, 6) is -2.08. The maximum absolute atomic E-state index is 13.0. The fourth-order valence-electron chi connectivity index (χ4n) is 3.66. The molecule has 1 saturated heterocycles. The SMILES string of the molecule is CC(C)NCCOCCOCCNc1cccc2c1C(=O)N(C1CCC(=O)NC1=O)C2=O. The number of hydrogen-bond acceptors (Lipinski definition) is 8. The number of piperidine rings is 1. The number of ether oxygens (including phenoxy) is 2. The monoisotopic (exact) mass is 446 g/mol. The minimum atomic E-state index is -0.980. The average molecular weight is 447 g/mol. The first-order valence-corrected chi connectivity index (χ1v) is 10.9. The van der Waals surface area contributed by atoms with Crippen LogP contribution in [0, 0.1) is 0 Å². The lowest BCUT2D eigenvalue weighted by molar-refractivity contribution is -0.136. The molecule has 174 valence electrons. The summed E-state index contributed by atoms with van der Waals surface area (Å²) in [5, 5.41) is 8.59. The Bertz CT molecular complexity index is 872. The van der Waals surface area contributed by atoms with Crippen LogP contribution in [-0.4, -0.2) is 80.1 Å². The minimum Gasteiger partial charge on any atom is -0.382 e. The van der Waals surface area contributed by atoms with Gasteiger partial charge in [0.25, 0.3) is 11.8 Å². The number of anilines is 1. The molecule has 4 amide bonds. The fourth-order valence-corrected chi connectivity index (χ4v) is 3.66. The first-order chi connectivity index (χ1) is 15.4. The second-order valence-corrected chi connectivity index (χ2v) is 7.94. The molecule has 0 aliphatic carbocycles. The Labute approximate surface area is 187 Å². The highest BCUT2D eigenvalue weighted by molar-refractivity contribution is 6.25. The summed E-state index contributed by atoms with van der Waals surface area (Å²) >= 11 is 0. The number of nitrogens with zero attached hydrogens (tertiary/aromatic N) is 1. The number of nitrogens with one attached hydrogen (secondary N) is 3. The molecule has 10 heteroatoms. The van der Waals surface area contributed by atoms with Gasteiger partial charge in [-0.15, -0.1) is 0 Å². The lowest BCUT2D eigenvalue weighted by Gasteiger charge is -2.27. The molecule has 10 nitrogen and oxygen atoms in total. The number of carbonyl (C=O) groups excluding carboxylic acids is 4. The molecule has 32 heavy (non-hydrogen) atoms. The summed E-state index contributed by atoms with van der Waals surface area (Å²) in [6.45, 7) is 7.35. The van der Waals surface area contributed by atoms with Gasteiger partial charge in [-0.3, -0.25) is 29.4 Å². The van der Waals surface area contributed by atoms with Crippen LogP contribution in [0.3, 0.4) is 0 Å². The summed E-state index contributed by atoms with van der Waals surface area (Å²) in [5.41, 5.74) is 0.993. The van der Waals surface area contributed by atoms with Gasteiger partial charge in [0, 0.05) is 31.2 Å². The zero-order valence-electron chi connectivity index (χ0n) is 18.4. The standard InChI is InChI=1S/C22H30N4O6/c1-14(2)23-8-10-31-12-13-32-11-9-24-16-5-3-4-15-19(16)22(30)26(21(15)29)17-6-7-18(27)25-20(17)28/h3-5,14,17,23-24H,6-13H2,1-2H3,(H,25,27,28). The van der Waals surface area contributed by atoms with Crippen molar-refractivity contribution in [3.05, 3.63) is 29.3 Å². The van der Waals surface area contributed by atoms with E-state index in [2.05, 4.69) is 29.8 Å². The summed E-state index contributed by atoms with van der Waals surface area (Å²) in [6.07, 6.45) is 0.215. The summed E-state index contributed by atoms with van der Waals surface area (Å²) in [4.78, 5) is 50.4. The van der Waals surface area contributed by atoms with Crippen molar-refractivity contribution in [1.29, 1.82) is 0 Å². The van der Waals surface area contributed by atoms with E-state index in [1.807, 2.05) is 0 Å². The van der Waals surface area contributed by atoms with Crippen LogP contribution >= 0.6 is 0 Å². The molecule has 0 aromatic heterocycles. The predicted molar refractivity (Wildman–Crippen MR) is 116 cm³/mol. The minimum absolute atomic E-state index is 0.0875. The summed E-state index contributed by atoms with van der Waals surface area (Å²) in [6, 6.07) is 4.41. The maximum Gasteiger partial charge on any atom is 0.264 e. The maximum atomic E-state index is 13.0. The molecule has 2 aliphatic rings. The zero-order valence-corrected chi connectivity index (χ0v) is 18.4. The van der Waals surface area contributed by atoms with Crippen molar-refractivity contribution in [3.8, 4) is 0 Å². The van der Waals surface area contributed by atoms with E-state index < -0.39 is 29.7 Å². The van der Waals surface area contributed by atoms with E-state index in [-0.39, 0.29) is 24.0 Å². The Morgan fingerprint density at radius 2 is 1.75 bits per heavy atom. The Morgan fingerprint density at radius 1 is 1.03 bits per heavy atom. The number of amides is 4. The summed E-state index contributed by atoms with van der Waals surface area (Å²) in [7, 11) is 0. The molecule has 0 spiro atoms. The van der Waals surface area contributed by atoms with Gasteiger partial charge in [0.1, 0.15) is 6.04 Å². The normalized spacial score (nSPS) is 18.3. The molecule has 0 bridgehead atoms. The first-order valence-electron chi connectivity index (χ1n) is 10.9. The molecular weight excluding hydrogens is 416 g/mol.